The summed E-state index contributed by atoms with van der Waals surface area (Å²) in [7, 11) is 1.55. The van der Waals surface area contributed by atoms with Crippen molar-refractivity contribution in [3.8, 4) is 0 Å². The minimum atomic E-state index is -0.541. The van der Waals surface area contributed by atoms with Crippen LogP contribution in [0.15, 0.2) is 0 Å². The molecule has 1 aliphatic rings. The molecule has 0 heterocycles. The van der Waals surface area contributed by atoms with Gasteiger partial charge in [-0.05, 0) is 24.7 Å². The molecule has 0 saturated heterocycles. The number of nitrogens with two attached hydrogens (primary N) is 1. The number of ether oxygens (including phenoxy) is 1. The molecule has 102 valence electrons. The standard InChI is InChI=1S/C12H24N2O2.ClH/c1-3-12(6-4-5-7-12)9-14-11(15)10(13)8-16-2;/h10H,3-9,13H2,1-2H3,(H,14,15);1H. The highest BCUT2D eigenvalue weighted by Gasteiger charge is 2.32. The maximum atomic E-state index is 11.6. The summed E-state index contributed by atoms with van der Waals surface area (Å²) in [6.45, 7) is 3.25. The number of nitrogens with one attached hydrogen (secondary N) is 1. The Labute approximate surface area is 110 Å². The van der Waals surface area contributed by atoms with Crippen LogP contribution in [-0.2, 0) is 9.53 Å². The maximum absolute atomic E-state index is 11.6. The Morgan fingerprint density at radius 2 is 2.06 bits per heavy atom. The third-order valence-electron chi connectivity index (χ3n) is 3.73. The maximum Gasteiger partial charge on any atom is 0.239 e. The summed E-state index contributed by atoms with van der Waals surface area (Å²) in [5.41, 5.74) is 5.98. The highest BCUT2D eigenvalue weighted by molar-refractivity contribution is 5.85. The Morgan fingerprint density at radius 3 is 2.53 bits per heavy atom. The molecule has 1 fully saturated rings. The van der Waals surface area contributed by atoms with Gasteiger partial charge in [0.25, 0.3) is 0 Å². The molecule has 1 atom stereocenters. The molecule has 1 rings (SSSR count). The lowest BCUT2D eigenvalue weighted by atomic mass is 9.83. The van der Waals surface area contributed by atoms with Gasteiger partial charge >= 0.3 is 0 Å². The zero-order valence-electron chi connectivity index (χ0n) is 10.8. The van der Waals surface area contributed by atoms with Crippen LogP contribution >= 0.6 is 12.4 Å². The topological polar surface area (TPSA) is 64.4 Å². The number of amides is 1. The van der Waals surface area contributed by atoms with E-state index in [1.807, 2.05) is 0 Å². The van der Waals surface area contributed by atoms with E-state index in [1.165, 1.54) is 25.7 Å². The van der Waals surface area contributed by atoms with Gasteiger partial charge < -0.3 is 15.8 Å². The minimum absolute atomic E-state index is 0. The Kier molecular flexibility index (Phi) is 7.75. The van der Waals surface area contributed by atoms with Crippen molar-refractivity contribution in [3.63, 3.8) is 0 Å². The average molecular weight is 265 g/mol. The fourth-order valence-corrected chi connectivity index (χ4v) is 2.44. The van der Waals surface area contributed by atoms with Crippen LogP contribution < -0.4 is 11.1 Å². The van der Waals surface area contributed by atoms with E-state index < -0.39 is 6.04 Å². The number of carbonyl (C=O) groups is 1. The molecule has 0 spiro atoms. The molecule has 5 heteroatoms. The average Bonchev–Trinajstić information content (AvgIpc) is 2.75. The molecule has 3 N–H and O–H groups in total. The summed E-state index contributed by atoms with van der Waals surface area (Å²) in [6, 6.07) is -0.541. The number of carbonyl (C=O) groups excluding carboxylic acids is 1. The van der Waals surface area contributed by atoms with Crippen LogP contribution in [-0.4, -0.2) is 32.2 Å². The SMILES string of the molecule is CCC1(CNC(=O)C(N)COC)CCCC1.Cl. The molecule has 1 aliphatic carbocycles. The van der Waals surface area contributed by atoms with E-state index >= 15 is 0 Å². The molecule has 17 heavy (non-hydrogen) atoms. The molecule has 0 aromatic heterocycles. The Hall–Kier alpha value is -0.320. The van der Waals surface area contributed by atoms with Crippen LogP contribution in [0.5, 0.6) is 0 Å². The van der Waals surface area contributed by atoms with E-state index in [9.17, 15) is 4.79 Å². The second kappa shape index (κ2) is 7.90. The van der Waals surface area contributed by atoms with Crippen molar-refractivity contribution in [1.82, 2.24) is 5.32 Å². The molecule has 0 bridgehead atoms. The van der Waals surface area contributed by atoms with E-state index in [2.05, 4.69) is 12.2 Å². The van der Waals surface area contributed by atoms with Crippen LogP contribution in [0.3, 0.4) is 0 Å². The van der Waals surface area contributed by atoms with Crippen molar-refractivity contribution in [2.45, 2.75) is 45.1 Å². The summed E-state index contributed by atoms with van der Waals surface area (Å²) >= 11 is 0. The number of halogens is 1. The van der Waals surface area contributed by atoms with Crippen molar-refractivity contribution < 1.29 is 9.53 Å². The van der Waals surface area contributed by atoms with Gasteiger partial charge in [0.15, 0.2) is 0 Å². The first-order valence-electron chi connectivity index (χ1n) is 6.16. The zero-order valence-corrected chi connectivity index (χ0v) is 11.6. The van der Waals surface area contributed by atoms with Gasteiger partial charge in [-0.2, -0.15) is 0 Å². The Balaban J connectivity index is 0.00000256. The van der Waals surface area contributed by atoms with Crippen molar-refractivity contribution in [2.75, 3.05) is 20.3 Å². The molecule has 1 amide bonds. The van der Waals surface area contributed by atoms with E-state index in [0.29, 0.717) is 5.41 Å². The molecule has 1 unspecified atom stereocenters. The van der Waals surface area contributed by atoms with Gasteiger partial charge in [-0.1, -0.05) is 19.8 Å². The lowest BCUT2D eigenvalue weighted by Gasteiger charge is -2.28. The summed E-state index contributed by atoms with van der Waals surface area (Å²) in [5.74, 6) is -0.0958. The first kappa shape index (κ1) is 16.7. The van der Waals surface area contributed by atoms with Crippen molar-refractivity contribution in [3.05, 3.63) is 0 Å². The highest BCUT2D eigenvalue weighted by atomic mass is 35.5. The predicted molar refractivity (Wildman–Crippen MR) is 71.3 cm³/mol. The first-order valence-corrected chi connectivity index (χ1v) is 6.16. The van der Waals surface area contributed by atoms with Gasteiger partial charge in [0.2, 0.25) is 5.91 Å². The quantitative estimate of drug-likeness (QED) is 0.764. The van der Waals surface area contributed by atoms with Crippen LogP contribution in [0, 0.1) is 5.41 Å². The van der Waals surface area contributed by atoms with Crippen molar-refractivity contribution >= 4 is 18.3 Å². The van der Waals surface area contributed by atoms with E-state index in [4.69, 9.17) is 10.5 Å². The summed E-state index contributed by atoms with van der Waals surface area (Å²) in [6.07, 6.45) is 6.15. The lowest BCUT2D eigenvalue weighted by molar-refractivity contribution is -0.124. The second-order valence-corrected chi connectivity index (χ2v) is 4.84. The fraction of sp³-hybridized carbons (Fsp3) is 0.917. The minimum Gasteiger partial charge on any atom is -0.383 e. The van der Waals surface area contributed by atoms with Crippen molar-refractivity contribution in [1.29, 1.82) is 0 Å². The lowest BCUT2D eigenvalue weighted by Crippen LogP contribution is -2.46. The third kappa shape index (κ3) is 4.82. The van der Waals surface area contributed by atoms with E-state index in [-0.39, 0.29) is 24.9 Å². The van der Waals surface area contributed by atoms with Crippen LogP contribution in [0.25, 0.3) is 0 Å². The normalized spacial score (nSPS) is 19.5. The van der Waals surface area contributed by atoms with Gasteiger partial charge in [-0.3, -0.25) is 4.79 Å². The monoisotopic (exact) mass is 264 g/mol. The molecule has 0 radical (unpaired) electrons. The van der Waals surface area contributed by atoms with Crippen molar-refractivity contribution in [2.24, 2.45) is 11.1 Å². The van der Waals surface area contributed by atoms with Crippen LogP contribution in [0.1, 0.15) is 39.0 Å². The summed E-state index contributed by atoms with van der Waals surface area (Å²) in [5, 5.41) is 2.96. The molecule has 0 aliphatic heterocycles. The van der Waals surface area contributed by atoms with Gasteiger partial charge in [0.05, 0.1) is 6.61 Å². The summed E-state index contributed by atoms with van der Waals surface area (Å²) in [4.78, 5) is 11.6. The van der Waals surface area contributed by atoms with Crippen LogP contribution in [0.2, 0.25) is 0 Å². The third-order valence-corrected chi connectivity index (χ3v) is 3.73. The van der Waals surface area contributed by atoms with Crippen LogP contribution in [0.4, 0.5) is 0 Å². The van der Waals surface area contributed by atoms with Gasteiger partial charge in [0, 0.05) is 13.7 Å². The molecular weight excluding hydrogens is 240 g/mol. The number of methoxy groups -OCH3 is 1. The first-order chi connectivity index (χ1) is 7.63. The molecule has 1 saturated carbocycles. The highest BCUT2D eigenvalue weighted by Crippen LogP contribution is 2.40. The Bertz CT molecular complexity index is 231. The Morgan fingerprint density at radius 1 is 1.47 bits per heavy atom. The van der Waals surface area contributed by atoms with E-state index in [1.54, 1.807) is 7.11 Å². The largest absolute Gasteiger partial charge is 0.383 e. The fourth-order valence-electron chi connectivity index (χ4n) is 2.44. The smallest absolute Gasteiger partial charge is 0.239 e. The molecular formula is C12H25ClN2O2. The van der Waals surface area contributed by atoms with Gasteiger partial charge in [-0.15, -0.1) is 12.4 Å². The summed E-state index contributed by atoms with van der Waals surface area (Å²) < 4.78 is 4.86. The zero-order chi connectivity index (χ0) is 12.0. The predicted octanol–water partition coefficient (Wildman–Crippen LogP) is 1.47. The molecule has 4 nitrogen and oxygen atoms in total. The number of hydrogen-bond donors (Lipinski definition) is 2. The molecule has 0 aromatic carbocycles. The molecule has 0 aromatic rings. The van der Waals surface area contributed by atoms with E-state index in [0.717, 1.165) is 13.0 Å². The van der Waals surface area contributed by atoms with Gasteiger partial charge in [0.1, 0.15) is 6.04 Å². The van der Waals surface area contributed by atoms with Gasteiger partial charge in [-0.25, -0.2) is 0 Å². The number of rotatable bonds is 6. The second-order valence-electron chi connectivity index (χ2n) is 4.84. The number of hydrogen-bond acceptors (Lipinski definition) is 3.